The number of amides is 1. The molecule has 1 aliphatic rings. The Morgan fingerprint density at radius 3 is 2.54 bits per heavy atom. The van der Waals surface area contributed by atoms with Crippen LogP contribution in [-0.4, -0.2) is 59.5 Å². The standard InChI is InChI=1S/C22H26N2O4/c1-23(16-21(25)26)17-8-7-14-24(15-13-17)22(27)19-11-5-6-12-20(19)28-18-9-3-2-4-10-18/h2-6,9-12,17H,7-8,13-16H2,1H3,(H,25,26)/t17-/m1/s1. The summed E-state index contributed by atoms with van der Waals surface area (Å²) in [5, 5.41) is 9.01. The number of hydrogen-bond donors (Lipinski definition) is 1. The van der Waals surface area contributed by atoms with Crippen molar-refractivity contribution >= 4 is 11.9 Å². The first-order valence-corrected chi connectivity index (χ1v) is 9.58. The van der Waals surface area contributed by atoms with Gasteiger partial charge in [0, 0.05) is 19.1 Å². The Morgan fingerprint density at radius 2 is 1.79 bits per heavy atom. The van der Waals surface area contributed by atoms with Crippen LogP contribution in [0.2, 0.25) is 0 Å². The smallest absolute Gasteiger partial charge is 0.317 e. The van der Waals surface area contributed by atoms with E-state index in [-0.39, 0.29) is 18.5 Å². The van der Waals surface area contributed by atoms with Crippen LogP contribution in [-0.2, 0) is 4.79 Å². The monoisotopic (exact) mass is 382 g/mol. The molecule has 0 unspecified atom stereocenters. The summed E-state index contributed by atoms with van der Waals surface area (Å²) in [4.78, 5) is 27.8. The van der Waals surface area contributed by atoms with Crippen molar-refractivity contribution < 1.29 is 19.4 Å². The second kappa shape index (κ2) is 9.37. The summed E-state index contributed by atoms with van der Waals surface area (Å²) in [5.74, 6) is 0.358. The summed E-state index contributed by atoms with van der Waals surface area (Å²) in [7, 11) is 1.83. The number of para-hydroxylation sites is 2. The Balaban J connectivity index is 1.70. The zero-order valence-electron chi connectivity index (χ0n) is 16.1. The van der Waals surface area contributed by atoms with Gasteiger partial charge in [-0.05, 0) is 50.6 Å². The fraction of sp³-hybridized carbons (Fsp3) is 0.364. The van der Waals surface area contributed by atoms with Gasteiger partial charge in [-0.3, -0.25) is 14.5 Å². The van der Waals surface area contributed by atoms with Gasteiger partial charge in [0.05, 0.1) is 12.1 Å². The predicted octanol–water partition coefficient (Wildman–Crippen LogP) is 3.49. The Kier molecular flexibility index (Phi) is 6.66. The van der Waals surface area contributed by atoms with E-state index in [1.54, 1.807) is 6.07 Å². The van der Waals surface area contributed by atoms with Crippen molar-refractivity contribution in [2.75, 3.05) is 26.7 Å². The molecule has 1 fully saturated rings. The van der Waals surface area contributed by atoms with Crippen molar-refractivity contribution in [2.24, 2.45) is 0 Å². The maximum atomic E-state index is 13.2. The van der Waals surface area contributed by atoms with E-state index in [4.69, 9.17) is 9.84 Å². The molecule has 0 saturated carbocycles. The summed E-state index contributed by atoms with van der Waals surface area (Å²) in [6.45, 7) is 1.29. The molecule has 148 valence electrons. The second-order valence-electron chi connectivity index (χ2n) is 7.10. The molecule has 1 saturated heterocycles. The van der Waals surface area contributed by atoms with E-state index in [1.165, 1.54) is 0 Å². The number of hydrogen-bond acceptors (Lipinski definition) is 4. The molecule has 0 aromatic heterocycles. The zero-order chi connectivity index (χ0) is 19.9. The zero-order valence-corrected chi connectivity index (χ0v) is 16.1. The van der Waals surface area contributed by atoms with Gasteiger partial charge in [0.1, 0.15) is 11.5 Å². The Bertz CT molecular complexity index is 809. The highest BCUT2D eigenvalue weighted by molar-refractivity contribution is 5.97. The molecule has 0 bridgehead atoms. The second-order valence-corrected chi connectivity index (χ2v) is 7.10. The van der Waals surface area contributed by atoms with Crippen LogP contribution >= 0.6 is 0 Å². The summed E-state index contributed by atoms with van der Waals surface area (Å²) in [6.07, 6.45) is 2.50. The van der Waals surface area contributed by atoms with Gasteiger partial charge < -0.3 is 14.7 Å². The van der Waals surface area contributed by atoms with Crippen molar-refractivity contribution in [1.82, 2.24) is 9.80 Å². The predicted molar refractivity (Wildman–Crippen MR) is 107 cm³/mol. The van der Waals surface area contributed by atoms with Crippen LogP contribution < -0.4 is 4.74 Å². The lowest BCUT2D eigenvalue weighted by Gasteiger charge is -2.26. The maximum Gasteiger partial charge on any atom is 0.317 e. The average Bonchev–Trinajstić information content (AvgIpc) is 2.94. The molecule has 1 N–H and O–H groups in total. The third kappa shape index (κ3) is 5.10. The molecular weight excluding hydrogens is 356 g/mol. The first kappa shape index (κ1) is 19.9. The van der Waals surface area contributed by atoms with Crippen molar-refractivity contribution in [3.63, 3.8) is 0 Å². The molecule has 6 heteroatoms. The Hall–Kier alpha value is -2.86. The van der Waals surface area contributed by atoms with Gasteiger partial charge in [0.15, 0.2) is 0 Å². The van der Waals surface area contributed by atoms with Crippen LogP contribution in [0.1, 0.15) is 29.6 Å². The van der Waals surface area contributed by atoms with Crippen molar-refractivity contribution in [3.8, 4) is 11.5 Å². The van der Waals surface area contributed by atoms with E-state index >= 15 is 0 Å². The quantitative estimate of drug-likeness (QED) is 0.828. The third-order valence-corrected chi connectivity index (χ3v) is 5.08. The minimum absolute atomic E-state index is 0.0202. The van der Waals surface area contributed by atoms with Crippen LogP contribution in [0.4, 0.5) is 0 Å². The molecule has 1 amide bonds. The number of carbonyl (C=O) groups excluding carboxylic acids is 1. The van der Waals surface area contributed by atoms with Crippen LogP contribution in [0.3, 0.4) is 0 Å². The van der Waals surface area contributed by atoms with Gasteiger partial charge in [-0.1, -0.05) is 30.3 Å². The number of ether oxygens (including phenoxy) is 1. The number of carboxylic acid groups (broad SMARTS) is 1. The van der Waals surface area contributed by atoms with E-state index in [0.29, 0.717) is 30.2 Å². The van der Waals surface area contributed by atoms with E-state index in [2.05, 4.69) is 0 Å². The number of likely N-dealkylation sites (N-methyl/N-ethyl adjacent to an activating group) is 1. The van der Waals surface area contributed by atoms with Crippen molar-refractivity contribution in [2.45, 2.75) is 25.3 Å². The van der Waals surface area contributed by atoms with Gasteiger partial charge in [-0.25, -0.2) is 0 Å². The molecule has 1 heterocycles. The highest BCUT2D eigenvalue weighted by Crippen LogP contribution is 2.27. The molecule has 2 aromatic carbocycles. The van der Waals surface area contributed by atoms with Crippen LogP contribution in [0.15, 0.2) is 54.6 Å². The minimum atomic E-state index is -0.827. The fourth-order valence-corrected chi connectivity index (χ4v) is 3.58. The fourth-order valence-electron chi connectivity index (χ4n) is 3.58. The molecule has 3 rings (SSSR count). The van der Waals surface area contributed by atoms with Crippen molar-refractivity contribution in [3.05, 3.63) is 60.2 Å². The van der Waals surface area contributed by atoms with E-state index in [9.17, 15) is 9.59 Å². The lowest BCUT2D eigenvalue weighted by Crippen LogP contribution is -2.37. The molecular formula is C22H26N2O4. The average molecular weight is 382 g/mol. The third-order valence-electron chi connectivity index (χ3n) is 5.08. The summed E-state index contributed by atoms with van der Waals surface area (Å²) >= 11 is 0. The first-order chi connectivity index (χ1) is 13.5. The lowest BCUT2D eigenvalue weighted by atomic mass is 10.1. The Labute approximate surface area is 165 Å². The number of aliphatic carboxylic acids is 1. The van der Waals surface area contributed by atoms with Gasteiger partial charge in [-0.15, -0.1) is 0 Å². The molecule has 2 aromatic rings. The molecule has 0 aliphatic carbocycles. The largest absolute Gasteiger partial charge is 0.480 e. The van der Waals surface area contributed by atoms with E-state index in [1.807, 2.05) is 65.4 Å². The van der Waals surface area contributed by atoms with Gasteiger partial charge in [0.25, 0.3) is 5.91 Å². The number of rotatable bonds is 6. The molecule has 0 radical (unpaired) electrons. The Morgan fingerprint density at radius 1 is 1.07 bits per heavy atom. The van der Waals surface area contributed by atoms with Gasteiger partial charge in [0.2, 0.25) is 0 Å². The molecule has 0 spiro atoms. The number of likely N-dealkylation sites (tertiary alicyclic amines) is 1. The van der Waals surface area contributed by atoms with E-state index < -0.39 is 5.97 Å². The first-order valence-electron chi connectivity index (χ1n) is 9.58. The lowest BCUT2D eigenvalue weighted by molar-refractivity contribution is -0.138. The van der Waals surface area contributed by atoms with Gasteiger partial charge in [-0.2, -0.15) is 0 Å². The topological polar surface area (TPSA) is 70.1 Å². The highest BCUT2D eigenvalue weighted by atomic mass is 16.5. The van der Waals surface area contributed by atoms with E-state index in [0.717, 1.165) is 19.3 Å². The van der Waals surface area contributed by atoms with Gasteiger partial charge >= 0.3 is 5.97 Å². The molecule has 6 nitrogen and oxygen atoms in total. The molecule has 1 aliphatic heterocycles. The SMILES string of the molecule is CN(CC(=O)O)[C@@H]1CCCN(C(=O)c2ccccc2Oc2ccccc2)CC1. The summed E-state index contributed by atoms with van der Waals surface area (Å²) in [6, 6.07) is 16.9. The highest BCUT2D eigenvalue weighted by Gasteiger charge is 2.26. The number of benzene rings is 2. The van der Waals surface area contributed by atoms with Crippen LogP contribution in [0.5, 0.6) is 11.5 Å². The number of carboxylic acids is 1. The maximum absolute atomic E-state index is 13.2. The number of carbonyl (C=O) groups is 2. The van der Waals surface area contributed by atoms with Crippen LogP contribution in [0, 0.1) is 0 Å². The molecule has 1 atom stereocenters. The van der Waals surface area contributed by atoms with Crippen molar-refractivity contribution in [1.29, 1.82) is 0 Å². The normalized spacial score (nSPS) is 17.2. The summed E-state index contributed by atoms with van der Waals surface area (Å²) < 4.78 is 5.93. The summed E-state index contributed by atoms with van der Waals surface area (Å²) in [5.41, 5.74) is 0.545. The minimum Gasteiger partial charge on any atom is -0.480 e. The number of nitrogens with zero attached hydrogens (tertiary/aromatic N) is 2. The van der Waals surface area contributed by atoms with Crippen LogP contribution in [0.25, 0.3) is 0 Å². The molecule has 28 heavy (non-hydrogen) atoms.